The van der Waals surface area contributed by atoms with Crippen molar-refractivity contribution in [2.45, 2.75) is 30.1 Å². The number of aromatic nitrogens is 3. The molecule has 1 fully saturated rings. The van der Waals surface area contributed by atoms with Crippen LogP contribution in [0.1, 0.15) is 35.7 Å². The molecule has 146 valence electrons. The number of aromatic amines is 1. The summed E-state index contributed by atoms with van der Waals surface area (Å²) in [7, 11) is -3.53. The number of sulfonamides is 1. The highest BCUT2D eigenvalue weighted by molar-refractivity contribution is 7.89. The van der Waals surface area contributed by atoms with E-state index in [1.54, 1.807) is 0 Å². The van der Waals surface area contributed by atoms with Crippen LogP contribution in [0.15, 0.2) is 59.8 Å². The number of rotatable bonds is 5. The van der Waals surface area contributed by atoms with Gasteiger partial charge in [0, 0.05) is 48.0 Å². The maximum atomic E-state index is 12.8. The van der Waals surface area contributed by atoms with Gasteiger partial charge in [-0.1, -0.05) is 35.9 Å². The lowest BCUT2D eigenvalue weighted by atomic mass is 9.95. The van der Waals surface area contributed by atoms with Gasteiger partial charge in [0.05, 0.1) is 6.20 Å². The van der Waals surface area contributed by atoms with E-state index in [0.717, 1.165) is 34.8 Å². The van der Waals surface area contributed by atoms with Crippen molar-refractivity contribution in [3.05, 3.63) is 76.8 Å². The number of hydrogen-bond donors (Lipinski definition) is 1. The molecule has 0 saturated carbocycles. The third-order valence-electron chi connectivity index (χ3n) is 5.07. The highest BCUT2D eigenvalue weighted by Gasteiger charge is 2.32. The Kier molecular flexibility index (Phi) is 5.48. The topological polar surface area (TPSA) is 79.0 Å². The third-order valence-corrected chi connectivity index (χ3v) is 7.27. The lowest BCUT2D eigenvalue weighted by molar-refractivity contribution is 0.312. The zero-order chi connectivity index (χ0) is 19.6. The molecule has 0 radical (unpaired) electrons. The molecular weight excluding hydrogens is 396 g/mol. The van der Waals surface area contributed by atoms with Crippen molar-refractivity contribution in [3.8, 4) is 0 Å². The van der Waals surface area contributed by atoms with Gasteiger partial charge in [0.25, 0.3) is 0 Å². The van der Waals surface area contributed by atoms with Crippen LogP contribution in [-0.2, 0) is 16.4 Å². The molecule has 28 heavy (non-hydrogen) atoms. The second-order valence-corrected chi connectivity index (χ2v) is 9.30. The van der Waals surface area contributed by atoms with E-state index >= 15 is 0 Å². The molecule has 0 aliphatic carbocycles. The molecule has 2 aromatic heterocycles. The quantitative estimate of drug-likeness (QED) is 0.689. The summed E-state index contributed by atoms with van der Waals surface area (Å²) >= 11 is 6.27. The number of piperidine rings is 1. The van der Waals surface area contributed by atoms with Crippen molar-refractivity contribution in [1.29, 1.82) is 0 Å². The van der Waals surface area contributed by atoms with Crippen LogP contribution in [0.5, 0.6) is 0 Å². The van der Waals surface area contributed by atoms with Crippen molar-refractivity contribution in [1.82, 2.24) is 19.5 Å². The van der Waals surface area contributed by atoms with Crippen LogP contribution in [-0.4, -0.2) is 41.0 Å². The van der Waals surface area contributed by atoms with Gasteiger partial charge in [0.15, 0.2) is 0 Å². The highest BCUT2D eigenvalue weighted by Crippen LogP contribution is 2.29. The average molecular weight is 417 g/mol. The molecule has 1 N–H and O–H groups in total. The maximum absolute atomic E-state index is 12.8. The Morgan fingerprint density at radius 3 is 2.82 bits per heavy atom. The van der Waals surface area contributed by atoms with Crippen LogP contribution >= 0.6 is 11.6 Å². The minimum atomic E-state index is -3.53. The lowest BCUT2D eigenvalue weighted by Gasteiger charge is -2.31. The second-order valence-electron chi connectivity index (χ2n) is 6.96. The van der Waals surface area contributed by atoms with Gasteiger partial charge < -0.3 is 0 Å². The van der Waals surface area contributed by atoms with Gasteiger partial charge in [0.2, 0.25) is 10.0 Å². The van der Waals surface area contributed by atoms with Crippen molar-refractivity contribution in [2.24, 2.45) is 0 Å². The van der Waals surface area contributed by atoms with E-state index in [1.165, 1.54) is 16.7 Å². The first-order valence-electron chi connectivity index (χ1n) is 9.22. The summed E-state index contributed by atoms with van der Waals surface area (Å²) < 4.78 is 27.1. The van der Waals surface area contributed by atoms with E-state index in [1.807, 2.05) is 42.5 Å². The Morgan fingerprint density at radius 1 is 1.18 bits per heavy atom. The van der Waals surface area contributed by atoms with Gasteiger partial charge in [-0.05, 0) is 36.6 Å². The smallest absolute Gasteiger partial charge is 0.246 e. The predicted octanol–water partition coefficient (Wildman–Crippen LogP) is 3.62. The fourth-order valence-corrected chi connectivity index (χ4v) is 5.23. The normalized spacial score (nSPS) is 18.2. The predicted molar refractivity (Wildman–Crippen MR) is 108 cm³/mol. The van der Waals surface area contributed by atoms with Crippen molar-refractivity contribution >= 4 is 21.6 Å². The van der Waals surface area contributed by atoms with E-state index in [9.17, 15) is 8.42 Å². The fraction of sp³-hybridized carbons (Fsp3) is 0.300. The third kappa shape index (κ3) is 3.97. The van der Waals surface area contributed by atoms with E-state index in [2.05, 4.69) is 10.2 Å². The van der Waals surface area contributed by atoms with Gasteiger partial charge in [0.1, 0.15) is 4.90 Å². The first-order chi connectivity index (χ1) is 13.5. The van der Waals surface area contributed by atoms with E-state index in [-0.39, 0.29) is 10.8 Å². The van der Waals surface area contributed by atoms with Crippen molar-refractivity contribution in [3.63, 3.8) is 0 Å². The molecule has 0 bridgehead atoms. The van der Waals surface area contributed by atoms with Gasteiger partial charge >= 0.3 is 0 Å². The molecule has 1 aromatic carbocycles. The summed E-state index contributed by atoms with van der Waals surface area (Å²) in [6.07, 6.45) is 5.14. The summed E-state index contributed by atoms with van der Waals surface area (Å²) in [5.41, 5.74) is 2.89. The van der Waals surface area contributed by atoms with Crippen LogP contribution in [0.2, 0.25) is 5.02 Å². The van der Waals surface area contributed by atoms with Crippen LogP contribution in [0.4, 0.5) is 0 Å². The number of H-pyrrole nitrogens is 1. The molecule has 8 heteroatoms. The van der Waals surface area contributed by atoms with Gasteiger partial charge in [-0.2, -0.15) is 9.40 Å². The highest BCUT2D eigenvalue weighted by atomic mass is 35.5. The summed E-state index contributed by atoms with van der Waals surface area (Å²) in [5.74, 6) is 0.0709. The Hall–Kier alpha value is -2.22. The number of benzene rings is 1. The second kappa shape index (κ2) is 8.03. The number of pyridine rings is 1. The zero-order valence-corrected chi connectivity index (χ0v) is 16.8. The number of hydrogen-bond acceptors (Lipinski definition) is 4. The first kappa shape index (κ1) is 19.1. The average Bonchev–Trinajstić information content (AvgIpc) is 3.26. The number of nitrogens with zero attached hydrogens (tertiary/aromatic N) is 3. The van der Waals surface area contributed by atoms with Gasteiger partial charge in [-0.25, -0.2) is 8.42 Å². The van der Waals surface area contributed by atoms with Crippen LogP contribution in [0.3, 0.4) is 0 Å². The number of nitrogens with one attached hydrogen (secondary N) is 1. The monoisotopic (exact) mass is 416 g/mol. The molecule has 3 heterocycles. The molecule has 1 aliphatic heterocycles. The van der Waals surface area contributed by atoms with Crippen LogP contribution < -0.4 is 0 Å². The Balaban J connectivity index is 1.54. The van der Waals surface area contributed by atoms with Crippen LogP contribution in [0.25, 0.3) is 0 Å². The Bertz CT molecular complexity index is 1050. The minimum Gasteiger partial charge on any atom is -0.284 e. The first-order valence-corrected chi connectivity index (χ1v) is 11.0. The Morgan fingerprint density at radius 2 is 2.04 bits per heavy atom. The molecule has 3 aromatic rings. The molecule has 0 amide bonds. The molecule has 0 unspecified atom stereocenters. The van der Waals surface area contributed by atoms with E-state index in [0.29, 0.717) is 19.5 Å². The molecule has 0 spiro atoms. The molecule has 1 saturated heterocycles. The summed E-state index contributed by atoms with van der Waals surface area (Å²) in [6.45, 7) is 0.944. The molecule has 1 atom stereocenters. The standard InChI is InChI=1S/C20H21ClN4O2S/c21-19-8-2-1-5-15(19)11-17-7-3-9-20(24-17)16-6-4-10-25(14-16)28(26,27)18-12-22-23-13-18/h1-3,5,7-9,12-13,16H,4,6,10-11,14H2,(H,22,23)/t16-/m1/s1. The fourth-order valence-electron chi connectivity index (χ4n) is 3.59. The minimum absolute atomic E-state index is 0.0709. The van der Waals surface area contributed by atoms with Gasteiger partial charge in [-0.15, -0.1) is 0 Å². The SMILES string of the molecule is O=S(=O)(c1cn[nH]c1)N1CCC[C@@H](c2cccc(Cc3ccccc3Cl)n2)C1. The lowest BCUT2D eigenvalue weighted by Crippen LogP contribution is -2.39. The van der Waals surface area contributed by atoms with Crippen molar-refractivity contribution < 1.29 is 8.42 Å². The van der Waals surface area contributed by atoms with Crippen molar-refractivity contribution in [2.75, 3.05) is 13.1 Å². The summed E-state index contributed by atoms with van der Waals surface area (Å²) in [4.78, 5) is 5.02. The molecular formula is C20H21ClN4O2S. The van der Waals surface area contributed by atoms with Crippen LogP contribution in [0, 0.1) is 0 Å². The molecule has 4 rings (SSSR count). The van der Waals surface area contributed by atoms with E-state index < -0.39 is 10.0 Å². The Labute approximate surface area is 169 Å². The zero-order valence-electron chi connectivity index (χ0n) is 15.3. The van der Waals surface area contributed by atoms with Gasteiger partial charge in [-0.3, -0.25) is 10.1 Å². The summed E-state index contributed by atoms with van der Waals surface area (Å²) in [6, 6.07) is 13.7. The van der Waals surface area contributed by atoms with E-state index in [4.69, 9.17) is 16.6 Å². The summed E-state index contributed by atoms with van der Waals surface area (Å²) in [5, 5.41) is 7.07. The largest absolute Gasteiger partial charge is 0.284 e. The molecule has 1 aliphatic rings. The number of halogens is 1. The maximum Gasteiger partial charge on any atom is 0.246 e. The molecule has 6 nitrogen and oxygen atoms in total.